The van der Waals surface area contributed by atoms with E-state index in [1.54, 1.807) is 0 Å². The maximum absolute atomic E-state index is 5.92. The predicted octanol–water partition coefficient (Wildman–Crippen LogP) is 3.44. The van der Waals surface area contributed by atoms with Crippen LogP contribution in [0, 0.1) is 13.8 Å². The fourth-order valence-electron chi connectivity index (χ4n) is 2.39. The molecule has 130 valence electrons. The second-order valence-electron chi connectivity index (χ2n) is 5.99. The van der Waals surface area contributed by atoms with Crippen LogP contribution in [0.25, 0.3) is 0 Å². The standard InChI is InChI=1S/C18H26N4O2/c1-12(2)23-16-9-7-15(8-10-16)21-18(19)20-11-5-6-17-13(3)22-24-14(17)4/h7-10,12H,5-6,11H2,1-4H3,(H3,19,20,21). The van der Waals surface area contributed by atoms with E-state index < -0.39 is 0 Å². The summed E-state index contributed by atoms with van der Waals surface area (Å²) in [7, 11) is 0. The second-order valence-corrected chi connectivity index (χ2v) is 5.99. The zero-order valence-electron chi connectivity index (χ0n) is 14.8. The molecule has 0 bridgehead atoms. The normalized spacial score (nSPS) is 11.8. The number of hydrogen-bond donors (Lipinski definition) is 2. The molecule has 3 N–H and O–H groups in total. The Balaban J connectivity index is 1.79. The molecular weight excluding hydrogens is 304 g/mol. The number of rotatable bonds is 7. The summed E-state index contributed by atoms with van der Waals surface area (Å²) in [6, 6.07) is 7.66. The van der Waals surface area contributed by atoms with E-state index in [1.165, 1.54) is 0 Å². The summed E-state index contributed by atoms with van der Waals surface area (Å²) in [5.41, 5.74) is 8.92. The zero-order chi connectivity index (χ0) is 17.5. The van der Waals surface area contributed by atoms with Crippen LogP contribution < -0.4 is 15.8 Å². The molecule has 6 heteroatoms. The summed E-state index contributed by atoms with van der Waals surface area (Å²) in [6.07, 6.45) is 1.94. The zero-order valence-corrected chi connectivity index (χ0v) is 14.8. The van der Waals surface area contributed by atoms with Crippen LogP contribution in [-0.2, 0) is 6.42 Å². The number of anilines is 1. The number of benzene rings is 1. The number of hydrogen-bond acceptors (Lipinski definition) is 4. The van der Waals surface area contributed by atoms with Crippen LogP contribution >= 0.6 is 0 Å². The summed E-state index contributed by atoms with van der Waals surface area (Å²) in [5, 5.41) is 7.03. The van der Waals surface area contributed by atoms with Gasteiger partial charge in [-0.25, -0.2) is 0 Å². The van der Waals surface area contributed by atoms with Gasteiger partial charge in [0.15, 0.2) is 5.96 Å². The predicted molar refractivity (Wildman–Crippen MR) is 96.6 cm³/mol. The van der Waals surface area contributed by atoms with Gasteiger partial charge in [-0.1, -0.05) is 5.16 Å². The number of guanidine groups is 1. The molecule has 0 aliphatic heterocycles. The molecule has 0 saturated heterocycles. The van der Waals surface area contributed by atoms with Crippen LogP contribution in [0.3, 0.4) is 0 Å². The summed E-state index contributed by atoms with van der Waals surface area (Å²) >= 11 is 0. The molecule has 0 aliphatic carbocycles. The van der Waals surface area contributed by atoms with Crippen molar-refractivity contribution in [1.29, 1.82) is 0 Å². The van der Waals surface area contributed by atoms with Crippen molar-refractivity contribution in [2.24, 2.45) is 10.7 Å². The molecule has 0 spiro atoms. The Hall–Kier alpha value is -2.50. The van der Waals surface area contributed by atoms with Gasteiger partial charge in [-0.2, -0.15) is 0 Å². The molecule has 0 saturated carbocycles. The van der Waals surface area contributed by atoms with Crippen molar-refractivity contribution in [3.63, 3.8) is 0 Å². The summed E-state index contributed by atoms with van der Waals surface area (Å²) in [5.74, 6) is 2.13. The Morgan fingerprint density at radius 3 is 2.58 bits per heavy atom. The van der Waals surface area contributed by atoms with Crippen molar-refractivity contribution in [1.82, 2.24) is 5.16 Å². The molecule has 0 atom stereocenters. The molecule has 0 amide bonds. The third-order valence-corrected chi connectivity index (χ3v) is 3.55. The van der Waals surface area contributed by atoms with E-state index in [4.69, 9.17) is 15.0 Å². The lowest BCUT2D eigenvalue weighted by Crippen LogP contribution is -2.22. The molecule has 1 aromatic heterocycles. The maximum atomic E-state index is 5.92. The summed E-state index contributed by atoms with van der Waals surface area (Å²) in [6.45, 7) is 8.54. The number of aromatic nitrogens is 1. The first-order valence-corrected chi connectivity index (χ1v) is 8.21. The van der Waals surface area contributed by atoms with Crippen LogP contribution in [-0.4, -0.2) is 23.8 Å². The van der Waals surface area contributed by atoms with Crippen LogP contribution in [0.1, 0.15) is 37.3 Å². The van der Waals surface area contributed by atoms with Crippen molar-refractivity contribution >= 4 is 11.6 Å². The highest BCUT2D eigenvalue weighted by Crippen LogP contribution is 2.17. The van der Waals surface area contributed by atoms with Gasteiger partial charge in [-0.05, 0) is 64.8 Å². The van der Waals surface area contributed by atoms with Gasteiger partial charge in [0.2, 0.25) is 0 Å². The molecule has 24 heavy (non-hydrogen) atoms. The average Bonchev–Trinajstić information content (AvgIpc) is 2.84. The molecular formula is C18H26N4O2. The van der Waals surface area contributed by atoms with Crippen molar-refractivity contribution < 1.29 is 9.26 Å². The topological polar surface area (TPSA) is 85.7 Å². The van der Waals surface area contributed by atoms with Crippen LogP contribution in [0.15, 0.2) is 33.8 Å². The molecule has 1 heterocycles. The number of nitrogens with zero attached hydrogens (tertiary/aromatic N) is 2. The maximum Gasteiger partial charge on any atom is 0.193 e. The Morgan fingerprint density at radius 1 is 1.29 bits per heavy atom. The van der Waals surface area contributed by atoms with Crippen LogP contribution in [0.4, 0.5) is 5.69 Å². The Kier molecular flexibility index (Phi) is 6.23. The molecule has 6 nitrogen and oxygen atoms in total. The van der Waals surface area contributed by atoms with E-state index in [0.717, 1.165) is 41.3 Å². The van der Waals surface area contributed by atoms with Gasteiger partial charge in [-0.3, -0.25) is 4.99 Å². The summed E-state index contributed by atoms with van der Waals surface area (Å²) in [4.78, 5) is 4.35. The average molecular weight is 330 g/mol. The van der Waals surface area contributed by atoms with Gasteiger partial charge in [0.05, 0.1) is 11.8 Å². The van der Waals surface area contributed by atoms with Crippen LogP contribution in [0.2, 0.25) is 0 Å². The Morgan fingerprint density at radius 2 is 2.00 bits per heavy atom. The Labute approximate surface area is 143 Å². The van der Waals surface area contributed by atoms with Gasteiger partial charge in [0.1, 0.15) is 11.5 Å². The Bertz CT molecular complexity index is 655. The van der Waals surface area contributed by atoms with Gasteiger partial charge >= 0.3 is 0 Å². The molecule has 0 fully saturated rings. The van der Waals surface area contributed by atoms with Gasteiger partial charge in [0, 0.05) is 17.8 Å². The second kappa shape index (κ2) is 8.38. The lowest BCUT2D eigenvalue weighted by Gasteiger charge is -2.10. The first kappa shape index (κ1) is 17.8. The van der Waals surface area contributed by atoms with E-state index in [9.17, 15) is 0 Å². The monoisotopic (exact) mass is 330 g/mol. The smallest absolute Gasteiger partial charge is 0.193 e. The fraction of sp³-hybridized carbons (Fsp3) is 0.444. The van der Waals surface area contributed by atoms with Crippen LogP contribution in [0.5, 0.6) is 5.75 Å². The molecule has 1 aromatic carbocycles. The molecule has 0 radical (unpaired) electrons. The van der Waals surface area contributed by atoms with E-state index in [2.05, 4.69) is 15.5 Å². The van der Waals surface area contributed by atoms with Crippen molar-refractivity contribution in [3.8, 4) is 5.75 Å². The lowest BCUT2D eigenvalue weighted by atomic mass is 10.1. The highest BCUT2D eigenvalue weighted by Gasteiger charge is 2.07. The third kappa shape index (κ3) is 5.30. The first-order chi connectivity index (χ1) is 11.5. The fourth-order valence-corrected chi connectivity index (χ4v) is 2.39. The first-order valence-electron chi connectivity index (χ1n) is 8.21. The number of ether oxygens (including phenoxy) is 1. The highest BCUT2D eigenvalue weighted by molar-refractivity contribution is 5.92. The van der Waals surface area contributed by atoms with E-state index >= 15 is 0 Å². The molecule has 0 unspecified atom stereocenters. The lowest BCUT2D eigenvalue weighted by molar-refractivity contribution is 0.242. The molecule has 0 aliphatic rings. The molecule has 2 rings (SSSR count). The molecule has 2 aromatic rings. The minimum Gasteiger partial charge on any atom is -0.491 e. The summed E-state index contributed by atoms with van der Waals surface area (Å²) < 4.78 is 10.8. The van der Waals surface area contributed by atoms with Gasteiger partial charge < -0.3 is 20.3 Å². The largest absolute Gasteiger partial charge is 0.491 e. The highest BCUT2D eigenvalue weighted by atomic mass is 16.5. The number of aliphatic imine (C=N–C) groups is 1. The van der Waals surface area contributed by atoms with E-state index in [0.29, 0.717) is 12.5 Å². The minimum atomic E-state index is 0.160. The SMILES string of the molecule is Cc1noc(C)c1CCCN=C(N)Nc1ccc(OC(C)C)cc1. The quantitative estimate of drug-likeness (QED) is 0.461. The van der Waals surface area contributed by atoms with Crippen molar-refractivity contribution in [2.75, 3.05) is 11.9 Å². The third-order valence-electron chi connectivity index (χ3n) is 3.55. The van der Waals surface area contributed by atoms with Crippen molar-refractivity contribution in [3.05, 3.63) is 41.3 Å². The number of nitrogens with one attached hydrogen (secondary N) is 1. The van der Waals surface area contributed by atoms with Gasteiger partial charge in [-0.15, -0.1) is 0 Å². The van der Waals surface area contributed by atoms with Crippen molar-refractivity contribution in [2.45, 2.75) is 46.6 Å². The minimum absolute atomic E-state index is 0.160. The van der Waals surface area contributed by atoms with E-state index in [-0.39, 0.29) is 6.10 Å². The number of aryl methyl sites for hydroxylation is 2. The van der Waals surface area contributed by atoms with E-state index in [1.807, 2.05) is 52.0 Å². The number of nitrogens with two attached hydrogens (primary N) is 1. The van der Waals surface area contributed by atoms with Gasteiger partial charge in [0.25, 0.3) is 0 Å².